The van der Waals surface area contributed by atoms with E-state index in [1.807, 2.05) is 0 Å². The maximum Gasteiger partial charge on any atom is 0.198 e. The number of alkyl halides is 1. The van der Waals surface area contributed by atoms with Gasteiger partial charge in [0.15, 0.2) is 29.2 Å². The van der Waals surface area contributed by atoms with Crippen molar-refractivity contribution in [1.82, 2.24) is 4.98 Å². The number of phenols is 1. The first kappa shape index (κ1) is 21.8. The predicted octanol–water partition coefficient (Wildman–Crippen LogP) is 1.50. The van der Waals surface area contributed by atoms with Crippen LogP contribution in [0.5, 0.6) is 11.5 Å². The molecular weight excluding hydrogens is 419 g/mol. The number of carbonyl (C=O) groups excluding carboxylic acids is 2. The third-order valence-corrected chi connectivity index (χ3v) is 5.56. The van der Waals surface area contributed by atoms with Crippen molar-refractivity contribution < 1.29 is 34.0 Å². The van der Waals surface area contributed by atoms with E-state index in [4.69, 9.17) is 10.5 Å². The zero-order valence-electron chi connectivity index (χ0n) is 17.0. The molecule has 8 nitrogen and oxygen atoms in total. The monoisotopic (exact) mass is 440 g/mol. The minimum Gasteiger partial charge on any atom is -0.504 e. The number of benzene rings is 2. The molecule has 166 valence electrons. The Kier molecular flexibility index (Phi) is 5.64. The SMILES string of the molecule is CC(O)C(O)C(N)C(F)COc1c(O)c2c(c3cccnc13)C(=O)c1ccccc1C2=O. The van der Waals surface area contributed by atoms with E-state index in [2.05, 4.69) is 4.98 Å². The van der Waals surface area contributed by atoms with Crippen LogP contribution in [-0.4, -0.2) is 62.9 Å². The summed E-state index contributed by atoms with van der Waals surface area (Å²) >= 11 is 0. The standard InChI is InChI=1S/C23H21FN2O6/c1-10(27)19(28)17(25)14(24)9-32-23-18-13(7-4-8-26-18)15-16(22(23)31)21(30)12-6-3-2-5-11(12)20(15)29/h2-8,10,14,17,19,27-28,31H,9,25H2,1H3. The van der Waals surface area contributed by atoms with Crippen LogP contribution in [0.1, 0.15) is 38.8 Å². The number of ketones is 2. The van der Waals surface area contributed by atoms with Crippen molar-refractivity contribution in [2.75, 3.05) is 6.61 Å². The number of aromatic nitrogens is 1. The number of aliphatic hydroxyl groups excluding tert-OH is 2. The Bertz CT molecular complexity index is 1230. The van der Waals surface area contributed by atoms with E-state index in [1.165, 1.54) is 25.3 Å². The number of hydrogen-bond acceptors (Lipinski definition) is 8. The molecule has 0 saturated heterocycles. The highest BCUT2D eigenvalue weighted by Gasteiger charge is 2.36. The largest absolute Gasteiger partial charge is 0.504 e. The Hall–Kier alpha value is -3.40. The second kappa shape index (κ2) is 8.27. The van der Waals surface area contributed by atoms with Crippen LogP contribution in [0.25, 0.3) is 10.9 Å². The van der Waals surface area contributed by atoms with Gasteiger partial charge in [0.2, 0.25) is 0 Å². The number of fused-ring (bicyclic) bond motifs is 4. The molecule has 0 aliphatic heterocycles. The summed E-state index contributed by atoms with van der Waals surface area (Å²) in [6.45, 7) is 0.576. The van der Waals surface area contributed by atoms with Gasteiger partial charge in [0.05, 0.1) is 23.8 Å². The molecule has 1 aliphatic rings. The van der Waals surface area contributed by atoms with Gasteiger partial charge in [-0.3, -0.25) is 14.6 Å². The summed E-state index contributed by atoms with van der Waals surface area (Å²) in [6.07, 6.45) is -3.30. The first-order valence-electron chi connectivity index (χ1n) is 9.94. The molecule has 0 fully saturated rings. The number of carbonyl (C=O) groups is 2. The first-order valence-corrected chi connectivity index (χ1v) is 9.94. The van der Waals surface area contributed by atoms with Gasteiger partial charge >= 0.3 is 0 Å². The second-order valence-electron chi connectivity index (χ2n) is 7.67. The molecule has 4 atom stereocenters. The van der Waals surface area contributed by atoms with E-state index in [-0.39, 0.29) is 38.9 Å². The minimum absolute atomic E-state index is 0.000299. The van der Waals surface area contributed by atoms with Gasteiger partial charge in [0.1, 0.15) is 12.1 Å². The molecule has 0 bridgehead atoms. The summed E-state index contributed by atoms with van der Waals surface area (Å²) in [7, 11) is 0. The lowest BCUT2D eigenvalue weighted by Gasteiger charge is -2.25. The lowest BCUT2D eigenvalue weighted by atomic mass is 9.81. The van der Waals surface area contributed by atoms with Crippen LogP contribution in [0, 0.1) is 0 Å². The number of aromatic hydroxyl groups is 1. The van der Waals surface area contributed by atoms with Gasteiger partial charge in [0, 0.05) is 28.3 Å². The molecule has 3 aromatic rings. The number of ether oxygens (including phenoxy) is 1. The summed E-state index contributed by atoms with van der Waals surface area (Å²) < 4.78 is 20.0. The smallest absolute Gasteiger partial charge is 0.198 e. The normalized spacial score (nSPS) is 16.8. The zero-order valence-corrected chi connectivity index (χ0v) is 17.0. The maximum atomic E-state index is 14.6. The number of phenolic OH excluding ortho intramolecular Hbond substituents is 1. The molecule has 1 aromatic heterocycles. The summed E-state index contributed by atoms with van der Waals surface area (Å²) in [5.74, 6) is -1.92. The molecule has 9 heteroatoms. The lowest BCUT2D eigenvalue weighted by molar-refractivity contribution is -0.00949. The fourth-order valence-electron chi connectivity index (χ4n) is 3.82. The van der Waals surface area contributed by atoms with Crippen LogP contribution >= 0.6 is 0 Å². The highest BCUT2D eigenvalue weighted by molar-refractivity contribution is 6.33. The molecular formula is C23H21FN2O6. The van der Waals surface area contributed by atoms with E-state index in [9.17, 15) is 29.3 Å². The van der Waals surface area contributed by atoms with Crippen molar-refractivity contribution in [2.24, 2.45) is 5.73 Å². The van der Waals surface area contributed by atoms with Crippen LogP contribution in [0.2, 0.25) is 0 Å². The Labute approximate surface area is 182 Å². The van der Waals surface area contributed by atoms with Crippen LogP contribution in [-0.2, 0) is 0 Å². The number of aliphatic hydroxyl groups is 2. The van der Waals surface area contributed by atoms with Crippen LogP contribution < -0.4 is 10.5 Å². The number of rotatable bonds is 6. The molecule has 2 aromatic carbocycles. The average Bonchev–Trinajstić information content (AvgIpc) is 2.80. The molecule has 1 heterocycles. The fraction of sp³-hybridized carbons (Fsp3) is 0.261. The highest BCUT2D eigenvalue weighted by Crippen LogP contribution is 2.44. The Morgan fingerprint density at radius 1 is 1.06 bits per heavy atom. The molecule has 0 spiro atoms. The summed E-state index contributed by atoms with van der Waals surface area (Å²) in [5, 5.41) is 30.4. The topological polar surface area (TPSA) is 143 Å². The summed E-state index contributed by atoms with van der Waals surface area (Å²) in [4.78, 5) is 30.5. The average molecular weight is 440 g/mol. The molecule has 0 radical (unpaired) electrons. The molecule has 4 unspecified atom stereocenters. The van der Waals surface area contributed by atoms with E-state index in [0.29, 0.717) is 0 Å². The molecule has 5 N–H and O–H groups in total. The highest BCUT2D eigenvalue weighted by atomic mass is 19.1. The van der Waals surface area contributed by atoms with E-state index in [1.54, 1.807) is 24.3 Å². The van der Waals surface area contributed by atoms with E-state index in [0.717, 1.165) is 0 Å². The van der Waals surface area contributed by atoms with Crippen LogP contribution in [0.3, 0.4) is 0 Å². The van der Waals surface area contributed by atoms with Gasteiger partial charge in [-0.25, -0.2) is 4.39 Å². The summed E-state index contributed by atoms with van der Waals surface area (Å²) in [6, 6.07) is 7.93. The second-order valence-corrected chi connectivity index (χ2v) is 7.67. The zero-order chi connectivity index (χ0) is 23.2. The van der Waals surface area contributed by atoms with Crippen molar-refractivity contribution in [3.05, 3.63) is 64.8 Å². The van der Waals surface area contributed by atoms with Gasteiger partial charge < -0.3 is 25.8 Å². The molecule has 0 saturated carbocycles. The number of pyridine rings is 1. The van der Waals surface area contributed by atoms with Gasteiger partial charge in [-0.2, -0.15) is 0 Å². The van der Waals surface area contributed by atoms with E-state index >= 15 is 0 Å². The van der Waals surface area contributed by atoms with Gasteiger partial charge in [-0.05, 0) is 13.0 Å². The van der Waals surface area contributed by atoms with Crippen molar-refractivity contribution >= 4 is 22.5 Å². The molecule has 0 amide bonds. The van der Waals surface area contributed by atoms with Crippen molar-refractivity contribution in [2.45, 2.75) is 31.3 Å². The number of hydrogen-bond donors (Lipinski definition) is 4. The van der Waals surface area contributed by atoms with Gasteiger partial charge in [0.25, 0.3) is 0 Å². The lowest BCUT2D eigenvalue weighted by Crippen LogP contribution is -2.49. The predicted molar refractivity (Wildman–Crippen MR) is 113 cm³/mol. The Morgan fingerprint density at radius 3 is 2.31 bits per heavy atom. The van der Waals surface area contributed by atoms with Crippen molar-refractivity contribution in [1.29, 1.82) is 0 Å². The third kappa shape index (κ3) is 3.40. The number of nitrogens with zero attached hydrogens (tertiary/aromatic N) is 1. The minimum atomic E-state index is -1.91. The maximum absolute atomic E-state index is 14.6. The summed E-state index contributed by atoms with van der Waals surface area (Å²) in [5.41, 5.74) is 5.82. The van der Waals surface area contributed by atoms with Crippen LogP contribution in [0.15, 0.2) is 42.6 Å². The van der Waals surface area contributed by atoms with E-state index < -0.39 is 48.3 Å². The van der Waals surface area contributed by atoms with Crippen LogP contribution in [0.4, 0.5) is 4.39 Å². The molecule has 32 heavy (non-hydrogen) atoms. The quantitative estimate of drug-likeness (QED) is 0.353. The number of halogens is 1. The Morgan fingerprint density at radius 2 is 1.69 bits per heavy atom. The van der Waals surface area contributed by atoms with Crippen molar-refractivity contribution in [3.8, 4) is 11.5 Å². The van der Waals surface area contributed by atoms with Gasteiger partial charge in [-0.1, -0.05) is 30.3 Å². The van der Waals surface area contributed by atoms with Gasteiger partial charge in [-0.15, -0.1) is 0 Å². The number of nitrogens with two attached hydrogens (primary N) is 1. The fourth-order valence-corrected chi connectivity index (χ4v) is 3.82. The molecule has 1 aliphatic carbocycles. The Balaban J connectivity index is 1.80. The van der Waals surface area contributed by atoms with Crippen molar-refractivity contribution in [3.63, 3.8) is 0 Å². The molecule has 4 rings (SSSR count). The third-order valence-electron chi connectivity index (χ3n) is 5.56. The first-order chi connectivity index (χ1) is 15.2.